The SMILES string of the molecule is CCC(CC)C[C@H](NC(C)=O)[C@H]1NC(C(=O)OC(C)(C)C)C[C@H]1N. The summed E-state index contributed by atoms with van der Waals surface area (Å²) in [5.41, 5.74) is 5.76. The smallest absolute Gasteiger partial charge is 0.323 e. The first-order chi connectivity index (χ1) is 11.1. The molecule has 0 bridgehead atoms. The number of nitrogens with two attached hydrogens (primary N) is 1. The summed E-state index contributed by atoms with van der Waals surface area (Å²) >= 11 is 0. The first kappa shape index (κ1) is 20.9. The molecule has 1 fully saturated rings. The van der Waals surface area contributed by atoms with E-state index >= 15 is 0 Å². The first-order valence-electron chi connectivity index (χ1n) is 9.08. The van der Waals surface area contributed by atoms with Crippen LogP contribution in [0.1, 0.15) is 67.2 Å². The molecule has 24 heavy (non-hydrogen) atoms. The minimum absolute atomic E-state index is 0.0688. The Kier molecular flexibility index (Phi) is 7.67. The van der Waals surface area contributed by atoms with Crippen LogP contribution in [0.15, 0.2) is 0 Å². The van der Waals surface area contributed by atoms with Crippen molar-refractivity contribution in [2.75, 3.05) is 0 Å². The van der Waals surface area contributed by atoms with Crippen molar-refractivity contribution >= 4 is 11.9 Å². The molecule has 0 aromatic heterocycles. The van der Waals surface area contributed by atoms with E-state index in [9.17, 15) is 9.59 Å². The van der Waals surface area contributed by atoms with Gasteiger partial charge in [-0.3, -0.25) is 14.9 Å². The van der Waals surface area contributed by atoms with Crippen molar-refractivity contribution in [2.24, 2.45) is 11.7 Å². The number of nitrogens with one attached hydrogen (secondary N) is 2. The molecule has 1 saturated heterocycles. The Morgan fingerprint density at radius 3 is 2.33 bits per heavy atom. The third kappa shape index (κ3) is 6.40. The van der Waals surface area contributed by atoms with Crippen LogP contribution in [0.3, 0.4) is 0 Å². The minimum Gasteiger partial charge on any atom is -0.459 e. The Labute approximate surface area is 146 Å². The van der Waals surface area contributed by atoms with E-state index in [-0.39, 0.29) is 30.0 Å². The number of hydrogen-bond acceptors (Lipinski definition) is 5. The fourth-order valence-corrected chi connectivity index (χ4v) is 3.33. The summed E-state index contributed by atoms with van der Waals surface area (Å²) in [6.07, 6.45) is 3.51. The third-order valence-corrected chi connectivity index (χ3v) is 4.62. The van der Waals surface area contributed by atoms with E-state index in [0.717, 1.165) is 19.3 Å². The van der Waals surface area contributed by atoms with Gasteiger partial charge in [0.1, 0.15) is 11.6 Å². The Morgan fingerprint density at radius 2 is 1.88 bits per heavy atom. The molecule has 6 nitrogen and oxygen atoms in total. The lowest BCUT2D eigenvalue weighted by atomic mass is 9.89. The van der Waals surface area contributed by atoms with Crippen LogP contribution >= 0.6 is 0 Å². The summed E-state index contributed by atoms with van der Waals surface area (Å²) in [6, 6.07) is -0.794. The van der Waals surface area contributed by atoms with Crippen LogP contribution in [0.25, 0.3) is 0 Å². The summed E-state index contributed by atoms with van der Waals surface area (Å²) in [4.78, 5) is 23.9. The number of rotatable bonds is 7. The van der Waals surface area contributed by atoms with Crippen LogP contribution < -0.4 is 16.4 Å². The maximum absolute atomic E-state index is 12.3. The standard InChI is InChI=1S/C18H35N3O3/c1-7-12(8-2)9-14(20-11(3)22)16-13(19)10-15(21-16)17(23)24-18(4,5)6/h12-16,21H,7-10,19H2,1-6H3,(H,20,22)/t13-,14+,15?,16+/m1/s1. The quantitative estimate of drug-likeness (QED) is 0.613. The zero-order chi connectivity index (χ0) is 18.5. The second-order valence-electron chi connectivity index (χ2n) is 7.90. The predicted molar refractivity (Wildman–Crippen MR) is 95.4 cm³/mol. The summed E-state index contributed by atoms with van der Waals surface area (Å²) in [7, 11) is 0. The van der Waals surface area contributed by atoms with Gasteiger partial charge in [0.25, 0.3) is 0 Å². The van der Waals surface area contributed by atoms with Crippen molar-refractivity contribution in [1.82, 2.24) is 10.6 Å². The molecule has 1 heterocycles. The van der Waals surface area contributed by atoms with Crippen LogP contribution in [0.5, 0.6) is 0 Å². The van der Waals surface area contributed by atoms with Gasteiger partial charge >= 0.3 is 5.97 Å². The lowest BCUT2D eigenvalue weighted by Gasteiger charge is -2.30. The molecule has 4 N–H and O–H groups in total. The highest BCUT2D eigenvalue weighted by Crippen LogP contribution is 2.23. The summed E-state index contributed by atoms with van der Waals surface area (Å²) in [5, 5.41) is 6.33. The lowest BCUT2D eigenvalue weighted by molar-refractivity contribution is -0.157. The molecule has 1 amide bonds. The van der Waals surface area contributed by atoms with Crippen molar-refractivity contribution in [3.63, 3.8) is 0 Å². The molecule has 0 radical (unpaired) electrons. The van der Waals surface area contributed by atoms with Crippen molar-refractivity contribution in [3.05, 3.63) is 0 Å². The molecule has 1 rings (SSSR count). The largest absolute Gasteiger partial charge is 0.459 e. The molecule has 0 spiro atoms. The van der Waals surface area contributed by atoms with Crippen LogP contribution in [0.4, 0.5) is 0 Å². The van der Waals surface area contributed by atoms with Gasteiger partial charge in [-0.1, -0.05) is 26.7 Å². The van der Waals surface area contributed by atoms with Crippen LogP contribution in [-0.2, 0) is 14.3 Å². The van der Waals surface area contributed by atoms with E-state index in [2.05, 4.69) is 24.5 Å². The number of ether oxygens (including phenoxy) is 1. The molecule has 0 aliphatic carbocycles. The van der Waals surface area contributed by atoms with Crippen LogP contribution in [0, 0.1) is 5.92 Å². The number of amides is 1. The van der Waals surface area contributed by atoms with Crippen molar-refractivity contribution in [3.8, 4) is 0 Å². The van der Waals surface area contributed by atoms with E-state index in [1.807, 2.05) is 20.8 Å². The predicted octanol–water partition coefficient (Wildman–Crippen LogP) is 1.72. The van der Waals surface area contributed by atoms with Gasteiger partial charge in [0.15, 0.2) is 0 Å². The van der Waals surface area contributed by atoms with E-state index in [0.29, 0.717) is 12.3 Å². The third-order valence-electron chi connectivity index (χ3n) is 4.62. The zero-order valence-corrected chi connectivity index (χ0v) is 16.0. The lowest BCUT2D eigenvalue weighted by Crippen LogP contribution is -2.55. The van der Waals surface area contributed by atoms with Gasteiger partial charge in [0, 0.05) is 25.0 Å². The zero-order valence-electron chi connectivity index (χ0n) is 16.0. The van der Waals surface area contributed by atoms with Gasteiger partial charge in [0.2, 0.25) is 5.91 Å². The van der Waals surface area contributed by atoms with E-state index in [4.69, 9.17) is 10.5 Å². The van der Waals surface area contributed by atoms with Gasteiger partial charge in [-0.25, -0.2) is 0 Å². The van der Waals surface area contributed by atoms with Gasteiger partial charge in [-0.05, 0) is 39.5 Å². The number of carbonyl (C=O) groups excluding carboxylic acids is 2. The Bertz CT molecular complexity index is 430. The topological polar surface area (TPSA) is 93.5 Å². The molecular weight excluding hydrogens is 306 g/mol. The molecule has 4 atom stereocenters. The fraction of sp³-hybridized carbons (Fsp3) is 0.889. The van der Waals surface area contributed by atoms with E-state index in [1.54, 1.807) is 0 Å². The van der Waals surface area contributed by atoms with Crippen molar-refractivity contribution in [2.45, 2.75) is 97.0 Å². The maximum atomic E-state index is 12.3. The van der Waals surface area contributed by atoms with Gasteiger partial charge < -0.3 is 15.8 Å². The van der Waals surface area contributed by atoms with Crippen molar-refractivity contribution in [1.29, 1.82) is 0 Å². The van der Waals surface area contributed by atoms with Crippen LogP contribution in [0.2, 0.25) is 0 Å². The Morgan fingerprint density at radius 1 is 1.29 bits per heavy atom. The molecular formula is C18H35N3O3. The van der Waals surface area contributed by atoms with Crippen LogP contribution in [-0.4, -0.2) is 41.6 Å². The second-order valence-corrected chi connectivity index (χ2v) is 7.90. The molecule has 0 saturated carbocycles. The summed E-state index contributed by atoms with van der Waals surface area (Å²) < 4.78 is 5.46. The highest BCUT2D eigenvalue weighted by molar-refractivity contribution is 5.77. The van der Waals surface area contributed by atoms with E-state index < -0.39 is 11.6 Å². The Balaban J connectivity index is 2.79. The van der Waals surface area contributed by atoms with Crippen molar-refractivity contribution < 1.29 is 14.3 Å². The molecule has 1 aliphatic heterocycles. The number of hydrogen-bond donors (Lipinski definition) is 3. The molecule has 1 unspecified atom stereocenters. The van der Waals surface area contributed by atoms with Gasteiger partial charge in [-0.15, -0.1) is 0 Å². The molecule has 1 aliphatic rings. The minimum atomic E-state index is -0.520. The molecule has 0 aromatic carbocycles. The number of carbonyl (C=O) groups is 2. The molecule has 0 aromatic rings. The molecule has 140 valence electrons. The normalized spacial score (nSPS) is 25.6. The highest BCUT2D eigenvalue weighted by Gasteiger charge is 2.41. The second kappa shape index (κ2) is 8.81. The van der Waals surface area contributed by atoms with E-state index in [1.165, 1.54) is 6.92 Å². The highest BCUT2D eigenvalue weighted by atomic mass is 16.6. The maximum Gasteiger partial charge on any atom is 0.323 e. The number of esters is 1. The summed E-state index contributed by atoms with van der Waals surface area (Å²) in [6.45, 7) is 11.4. The van der Waals surface area contributed by atoms with Gasteiger partial charge in [0.05, 0.1) is 0 Å². The average Bonchev–Trinajstić information content (AvgIpc) is 2.83. The fourth-order valence-electron chi connectivity index (χ4n) is 3.33. The Hall–Kier alpha value is -1.14. The van der Waals surface area contributed by atoms with Gasteiger partial charge in [-0.2, -0.15) is 0 Å². The molecule has 6 heteroatoms. The monoisotopic (exact) mass is 341 g/mol. The average molecular weight is 341 g/mol. The first-order valence-corrected chi connectivity index (χ1v) is 9.08. The summed E-state index contributed by atoms with van der Waals surface area (Å²) in [5.74, 6) is 0.182.